The van der Waals surface area contributed by atoms with E-state index < -0.39 is 12.0 Å². The molecule has 1 fully saturated rings. The number of nitrogens with zero attached hydrogens (tertiary/aromatic N) is 3. The molecule has 1 amide bonds. The first kappa shape index (κ1) is 17.7. The van der Waals surface area contributed by atoms with Crippen LogP contribution in [0.4, 0.5) is 4.39 Å². The molecule has 1 saturated heterocycles. The smallest absolute Gasteiger partial charge is 0.326 e. The number of carboxylic acids is 1. The molecule has 27 heavy (non-hydrogen) atoms. The monoisotopic (exact) mass is 371 g/mol. The number of carbonyl (C=O) groups is 2. The van der Waals surface area contributed by atoms with Crippen LogP contribution in [0.2, 0.25) is 0 Å². The molecule has 1 aliphatic heterocycles. The van der Waals surface area contributed by atoms with E-state index >= 15 is 0 Å². The van der Waals surface area contributed by atoms with Crippen LogP contribution in [0.5, 0.6) is 0 Å². The number of piperidine rings is 1. The van der Waals surface area contributed by atoms with Gasteiger partial charge in [0.15, 0.2) is 5.69 Å². The Morgan fingerprint density at radius 1 is 1.22 bits per heavy atom. The van der Waals surface area contributed by atoms with E-state index in [1.54, 1.807) is 10.7 Å². The van der Waals surface area contributed by atoms with Gasteiger partial charge in [-0.1, -0.05) is 12.1 Å². The lowest BCUT2D eigenvalue weighted by atomic mass is 10.0. The summed E-state index contributed by atoms with van der Waals surface area (Å²) in [5.41, 5.74) is 3.07. The lowest BCUT2D eigenvalue weighted by molar-refractivity contribution is -0.143. The molecular formula is C20H22FN3O3. The molecule has 2 heterocycles. The van der Waals surface area contributed by atoms with Gasteiger partial charge in [0.05, 0.1) is 0 Å². The van der Waals surface area contributed by atoms with Crippen LogP contribution in [-0.4, -0.2) is 44.3 Å². The number of hydrogen-bond donors (Lipinski definition) is 1. The molecule has 2 aromatic rings. The molecule has 0 saturated carbocycles. The van der Waals surface area contributed by atoms with Crippen molar-refractivity contribution in [2.75, 3.05) is 6.54 Å². The summed E-state index contributed by atoms with van der Waals surface area (Å²) in [5, 5.41) is 14.0. The Morgan fingerprint density at radius 2 is 2.04 bits per heavy atom. The predicted octanol–water partition coefficient (Wildman–Crippen LogP) is 2.89. The highest BCUT2D eigenvalue weighted by atomic mass is 19.1. The summed E-state index contributed by atoms with van der Waals surface area (Å²) in [7, 11) is 0. The van der Waals surface area contributed by atoms with Gasteiger partial charge in [-0.15, -0.1) is 0 Å². The maximum Gasteiger partial charge on any atom is 0.326 e. The number of halogens is 1. The third kappa shape index (κ3) is 2.91. The Balaban J connectivity index is 1.79. The fourth-order valence-electron chi connectivity index (χ4n) is 4.25. The zero-order chi connectivity index (χ0) is 19.1. The van der Waals surface area contributed by atoms with Gasteiger partial charge in [0.1, 0.15) is 17.5 Å². The van der Waals surface area contributed by atoms with Crippen LogP contribution in [0.15, 0.2) is 18.2 Å². The Bertz CT molecular complexity index is 901. The first-order chi connectivity index (χ1) is 13.0. The summed E-state index contributed by atoms with van der Waals surface area (Å²) in [4.78, 5) is 26.2. The third-order valence-corrected chi connectivity index (χ3v) is 5.58. The van der Waals surface area contributed by atoms with Crippen LogP contribution in [0.25, 0.3) is 5.69 Å². The van der Waals surface area contributed by atoms with E-state index in [2.05, 4.69) is 5.10 Å². The number of likely N-dealkylation sites (tertiary alicyclic amines) is 1. The summed E-state index contributed by atoms with van der Waals surface area (Å²) in [6, 6.07) is 4.03. The summed E-state index contributed by atoms with van der Waals surface area (Å²) < 4.78 is 16.1. The summed E-state index contributed by atoms with van der Waals surface area (Å²) >= 11 is 0. The highest BCUT2D eigenvalue weighted by Crippen LogP contribution is 2.31. The summed E-state index contributed by atoms with van der Waals surface area (Å²) in [6.07, 6.45) is 4.34. The Morgan fingerprint density at radius 3 is 2.78 bits per heavy atom. The highest BCUT2D eigenvalue weighted by Gasteiger charge is 2.36. The van der Waals surface area contributed by atoms with Crippen LogP contribution in [-0.2, 0) is 17.6 Å². The summed E-state index contributed by atoms with van der Waals surface area (Å²) in [6.45, 7) is 2.23. The Hall–Kier alpha value is -2.70. The average molecular weight is 371 g/mol. The molecule has 1 aromatic carbocycles. The van der Waals surface area contributed by atoms with Gasteiger partial charge in [-0.05, 0) is 57.1 Å². The van der Waals surface area contributed by atoms with E-state index in [0.717, 1.165) is 42.5 Å². The number of fused-ring (bicyclic) bond motifs is 1. The number of aryl methyl sites for hydroxylation is 1. The van der Waals surface area contributed by atoms with Crippen molar-refractivity contribution in [2.24, 2.45) is 0 Å². The van der Waals surface area contributed by atoms with Crippen molar-refractivity contribution in [1.29, 1.82) is 0 Å². The van der Waals surface area contributed by atoms with E-state index in [4.69, 9.17) is 0 Å². The molecule has 1 N–H and O–H groups in total. The standard InChI is InChI=1S/C20H22FN3O3/c1-12-6-4-8-14(21)18(12)24-15-10-5-7-13(15)17(22-24)19(25)23-11-3-2-9-16(23)20(26)27/h4,6,8,16H,2-3,5,7,9-11H2,1H3,(H,26,27)/t16-/m1/s1. The average Bonchev–Trinajstić information content (AvgIpc) is 3.24. The van der Waals surface area contributed by atoms with Crippen LogP contribution < -0.4 is 0 Å². The normalized spacial score (nSPS) is 19.2. The molecule has 4 rings (SSSR count). The van der Waals surface area contributed by atoms with Gasteiger partial charge in [0, 0.05) is 17.8 Å². The molecule has 142 valence electrons. The van der Waals surface area contributed by atoms with Crippen molar-refractivity contribution in [3.63, 3.8) is 0 Å². The van der Waals surface area contributed by atoms with E-state index in [9.17, 15) is 19.1 Å². The van der Waals surface area contributed by atoms with E-state index in [1.165, 1.54) is 11.0 Å². The quantitative estimate of drug-likeness (QED) is 0.900. The van der Waals surface area contributed by atoms with Crippen LogP contribution in [0, 0.1) is 12.7 Å². The van der Waals surface area contributed by atoms with Gasteiger partial charge in [0.2, 0.25) is 0 Å². The maximum absolute atomic E-state index is 14.5. The van der Waals surface area contributed by atoms with Crippen molar-refractivity contribution >= 4 is 11.9 Å². The molecule has 0 unspecified atom stereocenters. The number of para-hydroxylation sites is 1. The number of hydrogen-bond acceptors (Lipinski definition) is 3. The fraction of sp³-hybridized carbons (Fsp3) is 0.450. The van der Waals surface area contributed by atoms with Crippen molar-refractivity contribution in [2.45, 2.75) is 51.5 Å². The fourth-order valence-corrected chi connectivity index (χ4v) is 4.25. The van der Waals surface area contributed by atoms with E-state index in [0.29, 0.717) is 25.1 Å². The molecule has 1 aliphatic carbocycles. The second kappa shape index (κ2) is 6.79. The first-order valence-corrected chi connectivity index (χ1v) is 9.39. The number of rotatable bonds is 3. The molecule has 0 spiro atoms. The molecule has 1 aromatic heterocycles. The Labute approximate surface area is 156 Å². The van der Waals surface area contributed by atoms with E-state index in [1.807, 2.05) is 13.0 Å². The van der Waals surface area contributed by atoms with Gasteiger partial charge in [0.25, 0.3) is 5.91 Å². The molecule has 0 radical (unpaired) electrons. The van der Waals surface area contributed by atoms with Crippen molar-refractivity contribution in [3.05, 3.63) is 46.5 Å². The molecular weight excluding hydrogens is 349 g/mol. The lowest BCUT2D eigenvalue weighted by Crippen LogP contribution is -2.48. The second-order valence-electron chi connectivity index (χ2n) is 7.29. The minimum absolute atomic E-state index is 0.276. The summed E-state index contributed by atoms with van der Waals surface area (Å²) in [5.74, 6) is -1.72. The van der Waals surface area contributed by atoms with Gasteiger partial charge < -0.3 is 10.0 Å². The van der Waals surface area contributed by atoms with Crippen LogP contribution in [0.3, 0.4) is 0 Å². The van der Waals surface area contributed by atoms with E-state index in [-0.39, 0.29) is 17.4 Å². The minimum Gasteiger partial charge on any atom is -0.480 e. The van der Waals surface area contributed by atoms with Gasteiger partial charge in [-0.25, -0.2) is 13.9 Å². The van der Waals surface area contributed by atoms with Crippen molar-refractivity contribution in [1.82, 2.24) is 14.7 Å². The number of aliphatic carboxylic acids is 1. The predicted molar refractivity (Wildman–Crippen MR) is 96.6 cm³/mol. The second-order valence-corrected chi connectivity index (χ2v) is 7.29. The van der Waals surface area contributed by atoms with Crippen molar-refractivity contribution in [3.8, 4) is 5.69 Å². The zero-order valence-corrected chi connectivity index (χ0v) is 15.2. The number of aromatic nitrogens is 2. The molecule has 0 bridgehead atoms. The molecule has 2 aliphatic rings. The largest absolute Gasteiger partial charge is 0.480 e. The van der Waals surface area contributed by atoms with Gasteiger partial charge in [-0.3, -0.25) is 4.79 Å². The van der Waals surface area contributed by atoms with Crippen molar-refractivity contribution < 1.29 is 19.1 Å². The maximum atomic E-state index is 14.5. The number of carbonyl (C=O) groups excluding carboxylic acids is 1. The van der Waals surface area contributed by atoms with Gasteiger partial charge >= 0.3 is 5.97 Å². The molecule has 7 heteroatoms. The minimum atomic E-state index is -0.982. The Kier molecular flexibility index (Phi) is 4.45. The highest BCUT2D eigenvalue weighted by molar-refractivity contribution is 5.96. The lowest BCUT2D eigenvalue weighted by Gasteiger charge is -2.32. The van der Waals surface area contributed by atoms with Gasteiger partial charge in [-0.2, -0.15) is 5.10 Å². The first-order valence-electron chi connectivity index (χ1n) is 9.39. The SMILES string of the molecule is Cc1cccc(F)c1-n1nc(C(=O)N2CCCC[C@@H]2C(=O)O)c2c1CCC2. The topological polar surface area (TPSA) is 75.4 Å². The zero-order valence-electron chi connectivity index (χ0n) is 15.2. The molecule has 1 atom stereocenters. The third-order valence-electron chi connectivity index (χ3n) is 5.58. The van der Waals surface area contributed by atoms with Crippen LogP contribution in [0.1, 0.15) is 53.0 Å². The number of benzene rings is 1. The number of amides is 1. The number of carboxylic acid groups (broad SMARTS) is 1. The molecule has 6 nitrogen and oxygen atoms in total. The van der Waals surface area contributed by atoms with Crippen LogP contribution >= 0.6 is 0 Å².